The molecule has 1 fully saturated rings. The van der Waals surface area contributed by atoms with Gasteiger partial charge in [0.2, 0.25) is 5.91 Å². The predicted octanol–water partition coefficient (Wildman–Crippen LogP) is 2.72. The van der Waals surface area contributed by atoms with Gasteiger partial charge in [0.1, 0.15) is 10.8 Å². The van der Waals surface area contributed by atoms with E-state index in [4.69, 9.17) is 23.2 Å². The first kappa shape index (κ1) is 17.0. The number of carbonyl (C=O) groups is 2. The molecular formula is C15H19Cl2N3O2. The minimum atomic E-state index is -0.413. The lowest BCUT2D eigenvalue weighted by atomic mass is 9.94. The highest BCUT2D eigenvalue weighted by Gasteiger charge is 2.31. The van der Waals surface area contributed by atoms with E-state index in [1.165, 1.54) is 0 Å². The summed E-state index contributed by atoms with van der Waals surface area (Å²) in [6.45, 7) is 7.63. The number of pyridine rings is 1. The molecule has 0 bridgehead atoms. The third-order valence-electron chi connectivity index (χ3n) is 3.51. The van der Waals surface area contributed by atoms with E-state index in [2.05, 4.69) is 4.98 Å². The Morgan fingerprint density at radius 2 is 1.59 bits per heavy atom. The van der Waals surface area contributed by atoms with Crippen LogP contribution in [0.3, 0.4) is 0 Å². The molecule has 1 aliphatic rings. The van der Waals surface area contributed by atoms with Crippen molar-refractivity contribution in [2.45, 2.75) is 20.8 Å². The molecule has 0 N–H and O–H groups in total. The van der Waals surface area contributed by atoms with Crippen molar-refractivity contribution in [3.05, 3.63) is 28.0 Å². The molecule has 2 amide bonds. The summed E-state index contributed by atoms with van der Waals surface area (Å²) in [6.07, 6.45) is 0. The van der Waals surface area contributed by atoms with Crippen LogP contribution >= 0.6 is 23.2 Å². The molecule has 0 aromatic carbocycles. The maximum Gasteiger partial charge on any atom is 0.274 e. The fourth-order valence-electron chi connectivity index (χ4n) is 2.31. The van der Waals surface area contributed by atoms with E-state index in [9.17, 15) is 9.59 Å². The van der Waals surface area contributed by atoms with Gasteiger partial charge in [-0.15, -0.1) is 0 Å². The largest absolute Gasteiger partial charge is 0.339 e. The monoisotopic (exact) mass is 343 g/mol. The fourth-order valence-corrected chi connectivity index (χ4v) is 2.64. The third-order valence-corrected chi connectivity index (χ3v) is 4.03. The zero-order valence-corrected chi connectivity index (χ0v) is 14.4. The lowest BCUT2D eigenvalue weighted by Gasteiger charge is -2.37. The fraction of sp³-hybridized carbons (Fsp3) is 0.533. The average Bonchev–Trinajstić information content (AvgIpc) is 2.47. The van der Waals surface area contributed by atoms with Gasteiger partial charge >= 0.3 is 0 Å². The Balaban J connectivity index is 2.04. The van der Waals surface area contributed by atoms with E-state index < -0.39 is 5.41 Å². The molecule has 2 rings (SSSR count). The van der Waals surface area contributed by atoms with Crippen molar-refractivity contribution in [1.82, 2.24) is 14.8 Å². The maximum atomic E-state index is 12.5. The van der Waals surface area contributed by atoms with Crippen LogP contribution in [-0.2, 0) is 4.79 Å². The second-order valence-corrected chi connectivity index (χ2v) is 7.09. The van der Waals surface area contributed by atoms with Gasteiger partial charge in [-0.1, -0.05) is 44.0 Å². The first-order valence-electron chi connectivity index (χ1n) is 7.11. The van der Waals surface area contributed by atoms with E-state index in [1.54, 1.807) is 21.9 Å². The van der Waals surface area contributed by atoms with Crippen molar-refractivity contribution < 1.29 is 9.59 Å². The SMILES string of the molecule is CC(C)(C)C(=O)N1CCN(C(=O)c2nc(Cl)ccc2Cl)CC1. The van der Waals surface area contributed by atoms with Gasteiger partial charge in [-0.25, -0.2) is 4.98 Å². The van der Waals surface area contributed by atoms with Crippen molar-refractivity contribution in [1.29, 1.82) is 0 Å². The molecule has 0 radical (unpaired) electrons. The highest BCUT2D eigenvalue weighted by atomic mass is 35.5. The summed E-state index contributed by atoms with van der Waals surface area (Å²) >= 11 is 11.8. The summed E-state index contributed by atoms with van der Waals surface area (Å²) in [4.78, 5) is 32.1. The summed E-state index contributed by atoms with van der Waals surface area (Å²) in [7, 11) is 0. The molecule has 7 heteroatoms. The molecule has 22 heavy (non-hydrogen) atoms. The van der Waals surface area contributed by atoms with Crippen LogP contribution in [0.25, 0.3) is 0 Å². The Kier molecular flexibility index (Phi) is 4.97. The van der Waals surface area contributed by atoms with Crippen molar-refractivity contribution in [2.75, 3.05) is 26.2 Å². The molecule has 1 saturated heterocycles. The van der Waals surface area contributed by atoms with Crippen LogP contribution in [0.5, 0.6) is 0 Å². The summed E-state index contributed by atoms with van der Waals surface area (Å²) in [6, 6.07) is 3.10. The number of hydrogen-bond donors (Lipinski definition) is 0. The summed E-state index contributed by atoms with van der Waals surface area (Å²) in [5.41, 5.74) is -0.256. The Labute approximate surface area is 140 Å². The summed E-state index contributed by atoms with van der Waals surface area (Å²) in [5.74, 6) is -0.158. The Bertz CT molecular complexity index is 591. The number of rotatable bonds is 1. The van der Waals surface area contributed by atoms with Crippen LogP contribution in [0, 0.1) is 5.41 Å². The van der Waals surface area contributed by atoms with E-state index in [0.717, 1.165) is 0 Å². The van der Waals surface area contributed by atoms with Gasteiger partial charge in [-0.2, -0.15) is 0 Å². The zero-order chi connectivity index (χ0) is 16.5. The minimum absolute atomic E-state index is 0.0958. The molecule has 1 aromatic heterocycles. The number of piperazine rings is 1. The van der Waals surface area contributed by atoms with Gasteiger partial charge in [0.05, 0.1) is 5.02 Å². The zero-order valence-electron chi connectivity index (χ0n) is 12.9. The summed E-state index contributed by atoms with van der Waals surface area (Å²) < 4.78 is 0. The molecule has 5 nitrogen and oxygen atoms in total. The molecular weight excluding hydrogens is 325 g/mol. The van der Waals surface area contributed by atoms with Crippen LogP contribution in [0.2, 0.25) is 10.2 Å². The predicted molar refractivity (Wildman–Crippen MR) is 86.2 cm³/mol. The molecule has 120 valence electrons. The van der Waals surface area contributed by atoms with Gasteiger partial charge in [0.25, 0.3) is 5.91 Å². The second kappa shape index (κ2) is 6.42. The highest BCUT2D eigenvalue weighted by molar-refractivity contribution is 6.34. The van der Waals surface area contributed by atoms with Gasteiger partial charge in [-0.3, -0.25) is 9.59 Å². The number of nitrogens with zero attached hydrogens (tertiary/aromatic N) is 3. The van der Waals surface area contributed by atoms with Crippen LogP contribution in [0.4, 0.5) is 0 Å². The molecule has 0 atom stereocenters. The number of amides is 2. The molecule has 1 aliphatic heterocycles. The number of hydrogen-bond acceptors (Lipinski definition) is 3. The van der Waals surface area contributed by atoms with Crippen LogP contribution in [0.15, 0.2) is 12.1 Å². The third kappa shape index (κ3) is 3.70. The average molecular weight is 344 g/mol. The molecule has 0 unspecified atom stereocenters. The van der Waals surface area contributed by atoms with Crippen LogP contribution in [0.1, 0.15) is 31.3 Å². The van der Waals surface area contributed by atoms with E-state index in [-0.39, 0.29) is 27.7 Å². The van der Waals surface area contributed by atoms with Crippen molar-refractivity contribution in [2.24, 2.45) is 5.41 Å². The Hall–Kier alpha value is -1.33. The number of aromatic nitrogens is 1. The molecule has 2 heterocycles. The first-order valence-corrected chi connectivity index (χ1v) is 7.86. The van der Waals surface area contributed by atoms with Crippen molar-refractivity contribution >= 4 is 35.0 Å². The van der Waals surface area contributed by atoms with Crippen molar-refractivity contribution in [3.63, 3.8) is 0 Å². The molecule has 0 aliphatic carbocycles. The van der Waals surface area contributed by atoms with E-state index >= 15 is 0 Å². The molecule has 0 spiro atoms. The lowest BCUT2D eigenvalue weighted by Crippen LogP contribution is -2.53. The molecule has 0 saturated carbocycles. The highest BCUT2D eigenvalue weighted by Crippen LogP contribution is 2.21. The van der Waals surface area contributed by atoms with Crippen molar-refractivity contribution in [3.8, 4) is 0 Å². The minimum Gasteiger partial charge on any atom is -0.339 e. The Morgan fingerprint density at radius 3 is 2.14 bits per heavy atom. The topological polar surface area (TPSA) is 53.5 Å². The van der Waals surface area contributed by atoms with E-state index in [0.29, 0.717) is 26.2 Å². The molecule has 1 aromatic rings. The van der Waals surface area contributed by atoms with E-state index in [1.807, 2.05) is 20.8 Å². The maximum absolute atomic E-state index is 12.5. The van der Waals surface area contributed by atoms with Crippen LogP contribution < -0.4 is 0 Å². The first-order chi connectivity index (χ1) is 10.2. The van der Waals surface area contributed by atoms with Crippen LogP contribution in [-0.4, -0.2) is 52.8 Å². The Morgan fingerprint density at radius 1 is 1.05 bits per heavy atom. The number of carbonyl (C=O) groups excluding carboxylic acids is 2. The van der Waals surface area contributed by atoms with Gasteiger partial charge in [-0.05, 0) is 12.1 Å². The van der Waals surface area contributed by atoms with Gasteiger partial charge in [0.15, 0.2) is 0 Å². The standard InChI is InChI=1S/C15H19Cl2N3O2/c1-15(2,3)14(22)20-8-6-19(7-9-20)13(21)12-10(16)4-5-11(17)18-12/h4-5H,6-9H2,1-3H3. The van der Waals surface area contributed by atoms with Gasteiger partial charge in [0, 0.05) is 31.6 Å². The second-order valence-electron chi connectivity index (χ2n) is 6.30. The lowest BCUT2D eigenvalue weighted by molar-refractivity contribution is -0.140. The smallest absolute Gasteiger partial charge is 0.274 e. The number of halogens is 2. The normalized spacial score (nSPS) is 15.9. The van der Waals surface area contributed by atoms with Gasteiger partial charge < -0.3 is 9.80 Å². The summed E-state index contributed by atoms with van der Waals surface area (Å²) in [5, 5.41) is 0.511. The quantitative estimate of drug-likeness (QED) is 0.736.